The summed E-state index contributed by atoms with van der Waals surface area (Å²) in [5.41, 5.74) is 2.33. The second-order valence-electron chi connectivity index (χ2n) is 13.4. The molecule has 2 aliphatic carbocycles. The van der Waals surface area contributed by atoms with E-state index in [9.17, 15) is 0 Å². The zero-order chi connectivity index (χ0) is 22.9. The monoisotopic (exact) mass is 426 g/mol. The molecule has 0 amide bonds. The molecule has 0 bridgehead atoms. The number of hydrogen-bond acceptors (Lipinski definition) is 1. The number of benzene rings is 1. The van der Waals surface area contributed by atoms with Crippen LogP contribution in [0.15, 0.2) is 30.3 Å². The van der Waals surface area contributed by atoms with E-state index in [-0.39, 0.29) is 10.8 Å². The van der Waals surface area contributed by atoms with Crippen molar-refractivity contribution in [1.82, 2.24) is 0 Å². The minimum absolute atomic E-state index is 0.229. The van der Waals surface area contributed by atoms with Crippen molar-refractivity contribution in [2.45, 2.75) is 113 Å². The largest absolute Gasteiger partial charge is 0.372 e. The molecule has 1 heteroatoms. The van der Waals surface area contributed by atoms with E-state index >= 15 is 0 Å². The van der Waals surface area contributed by atoms with Gasteiger partial charge in [0, 0.05) is 0 Å². The van der Waals surface area contributed by atoms with Gasteiger partial charge in [0.1, 0.15) is 0 Å². The van der Waals surface area contributed by atoms with Gasteiger partial charge >= 0.3 is 0 Å². The molecule has 6 atom stereocenters. The molecule has 1 aromatic carbocycles. The van der Waals surface area contributed by atoms with Crippen molar-refractivity contribution in [3.63, 3.8) is 0 Å². The normalized spacial score (nSPS) is 36.1. The van der Waals surface area contributed by atoms with Gasteiger partial charge in [0.05, 0.1) is 12.7 Å². The van der Waals surface area contributed by atoms with Gasteiger partial charge in [-0.05, 0) is 90.4 Å². The van der Waals surface area contributed by atoms with Crippen LogP contribution >= 0.6 is 0 Å². The number of rotatable bonds is 7. The minimum atomic E-state index is 0.229. The van der Waals surface area contributed by atoms with Crippen LogP contribution in [0.2, 0.25) is 0 Å². The highest BCUT2D eigenvalue weighted by Gasteiger charge is 2.49. The highest BCUT2D eigenvalue weighted by atomic mass is 16.5. The van der Waals surface area contributed by atoms with Crippen molar-refractivity contribution in [1.29, 1.82) is 0 Å². The van der Waals surface area contributed by atoms with Gasteiger partial charge in [-0.2, -0.15) is 0 Å². The SMILES string of the molecule is CC(CCC1(C)C[C@@H](C)CC(C)(C)[C@H]1OCc1ccccc1)[C@@H]1CCC(C)(C)C[C@H]1C. The highest BCUT2D eigenvalue weighted by molar-refractivity contribution is 5.13. The molecule has 0 saturated heterocycles. The van der Waals surface area contributed by atoms with Crippen LogP contribution in [0.3, 0.4) is 0 Å². The van der Waals surface area contributed by atoms with Crippen molar-refractivity contribution < 1.29 is 4.74 Å². The molecule has 176 valence electrons. The third kappa shape index (κ3) is 6.16. The summed E-state index contributed by atoms with van der Waals surface area (Å²) < 4.78 is 6.77. The molecular weight excluding hydrogens is 376 g/mol. The van der Waals surface area contributed by atoms with Gasteiger partial charge in [0.15, 0.2) is 0 Å². The first kappa shape index (κ1) is 24.8. The average molecular weight is 427 g/mol. The first-order valence-corrected chi connectivity index (χ1v) is 13.1. The lowest BCUT2D eigenvalue weighted by Gasteiger charge is -2.53. The minimum Gasteiger partial charge on any atom is -0.372 e. The van der Waals surface area contributed by atoms with Crippen molar-refractivity contribution >= 4 is 0 Å². The zero-order valence-electron chi connectivity index (χ0n) is 21.8. The molecule has 2 saturated carbocycles. The molecule has 0 aliphatic heterocycles. The third-order valence-electron chi connectivity index (χ3n) is 8.95. The quantitative estimate of drug-likeness (QED) is 0.423. The predicted octanol–water partition coefficient (Wildman–Crippen LogP) is 8.91. The average Bonchev–Trinajstić information content (AvgIpc) is 2.65. The molecule has 0 heterocycles. The van der Waals surface area contributed by atoms with Crippen LogP contribution in [-0.4, -0.2) is 6.10 Å². The van der Waals surface area contributed by atoms with Gasteiger partial charge in [0.2, 0.25) is 0 Å². The van der Waals surface area contributed by atoms with Gasteiger partial charge in [-0.25, -0.2) is 0 Å². The summed E-state index contributed by atoms with van der Waals surface area (Å²) in [5.74, 6) is 3.35. The van der Waals surface area contributed by atoms with Crippen LogP contribution in [0.1, 0.15) is 106 Å². The van der Waals surface area contributed by atoms with E-state index in [1.54, 1.807) is 0 Å². The predicted molar refractivity (Wildman–Crippen MR) is 134 cm³/mol. The molecule has 0 aromatic heterocycles. The van der Waals surface area contributed by atoms with E-state index in [1.165, 1.54) is 50.5 Å². The summed E-state index contributed by atoms with van der Waals surface area (Å²) in [5, 5.41) is 0. The summed E-state index contributed by atoms with van der Waals surface area (Å²) in [6.45, 7) is 20.6. The van der Waals surface area contributed by atoms with Crippen LogP contribution in [0.5, 0.6) is 0 Å². The van der Waals surface area contributed by atoms with E-state index in [4.69, 9.17) is 4.74 Å². The fourth-order valence-corrected chi connectivity index (χ4v) is 7.92. The second kappa shape index (κ2) is 9.58. The van der Waals surface area contributed by atoms with E-state index in [0.29, 0.717) is 11.5 Å². The van der Waals surface area contributed by atoms with Crippen LogP contribution in [0.25, 0.3) is 0 Å². The lowest BCUT2D eigenvalue weighted by atomic mass is 9.56. The summed E-state index contributed by atoms with van der Waals surface area (Å²) >= 11 is 0. The molecule has 0 radical (unpaired) electrons. The third-order valence-corrected chi connectivity index (χ3v) is 8.95. The first-order chi connectivity index (χ1) is 14.4. The Kier molecular flexibility index (Phi) is 7.67. The molecule has 0 N–H and O–H groups in total. The Labute approximate surface area is 193 Å². The van der Waals surface area contributed by atoms with E-state index in [0.717, 1.165) is 30.3 Å². The Morgan fingerprint density at radius 3 is 2.29 bits per heavy atom. The van der Waals surface area contributed by atoms with E-state index in [2.05, 4.69) is 85.7 Å². The summed E-state index contributed by atoms with van der Waals surface area (Å²) in [6, 6.07) is 10.7. The highest BCUT2D eigenvalue weighted by Crippen LogP contribution is 2.54. The molecule has 2 fully saturated rings. The van der Waals surface area contributed by atoms with Gasteiger partial charge in [-0.3, -0.25) is 0 Å². The van der Waals surface area contributed by atoms with Crippen LogP contribution in [0, 0.1) is 39.9 Å². The Morgan fingerprint density at radius 2 is 1.65 bits per heavy atom. The Hall–Kier alpha value is -0.820. The topological polar surface area (TPSA) is 9.23 Å². The number of ether oxygens (including phenoxy) is 1. The fraction of sp³-hybridized carbons (Fsp3) is 0.800. The molecule has 2 unspecified atom stereocenters. The summed E-state index contributed by atoms with van der Waals surface area (Å²) in [7, 11) is 0. The second-order valence-corrected chi connectivity index (χ2v) is 13.4. The summed E-state index contributed by atoms with van der Waals surface area (Å²) in [6.07, 6.45) is 9.76. The molecule has 2 aliphatic rings. The van der Waals surface area contributed by atoms with E-state index < -0.39 is 0 Å². The van der Waals surface area contributed by atoms with Crippen molar-refractivity contribution in [2.75, 3.05) is 0 Å². The van der Waals surface area contributed by atoms with Gasteiger partial charge < -0.3 is 4.74 Å². The lowest BCUT2D eigenvalue weighted by molar-refractivity contribution is -0.151. The molecule has 31 heavy (non-hydrogen) atoms. The van der Waals surface area contributed by atoms with Crippen molar-refractivity contribution in [3.05, 3.63) is 35.9 Å². The Morgan fingerprint density at radius 1 is 0.968 bits per heavy atom. The molecule has 1 aromatic rings. The fourth-order valence-electron chi connectivity index (χ4n) is 7.92. The van der Waals surface area contributed by atoms with Crippen molar-refractivity contribution in [3.8, 4) is 0 Å². The maximum Gasteiger partial charge on any atom is 0.0721 e. The van der Waals surface area contributed by atoms with Gasteiger partial charge in [-0.15, -0.1) is 0 Å². The van der Waals surface area contributed by atoms with Gasteiger partial charge in [0.25, 0.3) is 0 Å². The lowest BCUT2D eigenvalue weighted by Crippen LogP contribution is -2.51. The zero-order valence-corrected chi connectivity index (χ0v) is 21.8. The number of hydrogen-bond donors (Lipinski definition) is 0. The molecule has 0 spiro atoms. The first-order valence-electron chi connectivity index (χ1n) is 13.1. The Balaban J connectivity index is 1.68. The maximum atomic E-state index is 6.77. The standard InChI is InChI=1S/C30H50O/c1-22-18-29(6,7)27(31-21-25-12-10-9-11-13-25)30(8,19-22)17-14-23(2)26-15-16-28(4,5)20-24(26)3/h9-13,22-24,26-27H,14-21H2,1-8H3/t22-,23?,24+,26-,27+,30?/m0/s1. The maximum absolute atomic E-state index is 6.77. The van der Waals surface area contributed by atoms with Crippen LogP contribution in [-0.2, 0) is 11.3 Å². The summed E-state index contributed by atoms with van der Waals surface area (Å²) in [4.78, 5) is 0. The van der Waals surface area contributed by atoms with Gasteiger partial charge in [-0.1, -0.05) is 85.7 Å². The smallest absolute Gasteiger partial charge is 0.0721 e. The molecular formula is C30H50O. The Bertz CT molecular complexity index is 690. The van der Waals surface area contributed by atoms with E-state index in [1.807, 2.05) is 0 Å². The van der Waals surface area contributed by atoms with Crippen LogP contribution in [0.4, 0.5) is 0 Å². The van der Waals surface area contributed by atoms with Crippen molar-refractivity contribution in [2.24, 2.45) is 39.9 Å². The molecule has 3 rings (SSSR count). The van der Waals surface area contributed by atoms with Crippen LogP contribution < -0.4 is 0 Å². The molecule has 1 nitrogen and oxygen atoms in total.